The van der Waals surface area contributed by atoms with Crippen molar-refractivity contribution >= 4 is 70.1 Å². The molecule has 1 rings (SSSR count). The summed E-state index contributed by atoms with van der Waals surface area (Å²) in [4.78, 5) is 0. The molecular weight excluding hydrogens is 423 g/mol. The minimum atomic E-state index is -2.49. The van der Waals surface area contributed by atoms with Crippen LogP contribution in [0.3, 0.4) is 0 Å². The van der Waals surface area contributed by atoms with Crippen LogP contribution in [0.4, 0.5) is 0 Å². The summed E-state index contributed by atoms with van der Waals surface area (Å²) < 4.78 is 18.7. The van der Waals surface area contributed by atoms with E-state index in [1.807, 2.05) is 30.3 Å². The van der Waals surface area contributed by atoms with E-state index < -0.39 is 12.2 Å². The Kier molecular flexibility index (Phi) is 7.68. The molecule has 2 nitrogen and oxygen atoms in total. The molecule has 0 aliphatic heterocycles. The summed E-state index contributed by atoms with van der Waals surface area (Å²) in [6, 6.07) is 9.44. The average molecular weight is 429 g/mol. The van der Waals surface area contributed by atoms with Gasteiger partial charge in [0, 0.05) is 5.02 Å². The van der Waals surface area contributed by atoms with Crippen LogP contribution in [0.1, 0.15) is 0 Å². The molecule has 0 unspecified atom stereocenters. The summed E-state index contributed by atoms with van der Waals surface area (Å²) >= 11 is 13.9. The highest BCUT2D eigenvalue weighted by atomic mass is 80.0. The molecule has 14 heavy (non-hydrogen) atoms. The zero-order valence-electron chi connectivity index (χ0n) is 6.66. The predicted molar refractivity (Wildman–Crippen MR) is 71.3 cm³/mol. The molecule has 0 N–H and O–H groups in total. The third-order valence-corrected chi connectivity index (χ3v) is 4.21. The number of halogens is 4. The number of rotatable bonds is 0. The summed E-state index contributed by atoms with van der Waals surface area (Å²) in [5.74, 6) is 0. The van der Waals surface area contributed by atoms with E-state index in [0.29, 0.717) is 0 Å². The SMILES string of the molecule is Clc1ccccc1.O=[SH](=O)C(Br)(Br)Br. The molecular formula is C7H6Br3ClO2S. The van der Waals surface area contributed by atoms with Gasteiger partial charge < -0.3 is 0 Å². The van der Waals surface area contributed by atoms with Gasteiger partial charge in [-0.2, -0.15) is 0 Å². The number of hydrogen-bond acceptors (Lipinski definition) is 2. The predicted octanol–water partition coefficient (Wildman–Crippen LogP) is 3.73. The fraction of sp³-hybridized carbons (Fsp3) is 0.143. The van der Waals surface area contributed by atoms with Crippen LogP contribution in [0.15, 0.2) is 30.3 Å². The second-order valence-corrected chi connectivity index (χ2v) is 12.2. The molecule has 0 amide bonds. The van der Waals surface area contributed by atoms with Gasteiger partial charge in [-0.15, -0.1) is 0 Å². The summed E-state index contributed by atoms with van der Waals surface area (Å²) in [6.45, 7) is 0. The third-order valence-electron chi connectivity index (χ3n) is 0.940. The summed E-state index contributed by atoms with van der Waals surface area (Å²) in [5.41, 5.74) is 0. The molecule has 0 aromatic heterocycles. The Balaban J connectivity index is 0.000000241. The van der Waals surface area contributed by atoms with Gasteiger partial charge in [0.25, 0.3) is 0 Å². The van der Waals surface area contributed by atoms with Gasteiger partial charge in [-0.25, -0.2) is 8.42 Å². The number of thiol groups is 1. The van der Waals surface area contributed by atoms with Crippen LogP contribution in [0, 0.1) is 0 Å². The molecule has 0 spiro atoms. The normalized spacial score (nSPS) is 10.6. The zero-order valence-corrected chi connectivity index (χ0v) is 13.1. The molecule has 0 saturated heterocycles. The van der Waals surface area contributed by atoms with Crippen molar-refractivity contribution in [2.75, 3.05) is 0 Å². The minimum Gasteiger partial charge on any atom is -0.229 e. The lowest BCUT2D eigenvalue weighted by molar-refractivity contribution is 0.617. The molecule has 0 atom stereocenters. The maximum absolute atomic E-state index is 9.92. The topological polar surface area (TPSA) is 34.1 Å². The van der Waals surface area contributed by atoms with E-state index in [4.69, 9.17) is 11.6 Å². The van der Waals surface area contributed by atoms with Crippen molar-refractivity contribution in [3.63, 3.8) is 0 Å². The Morgan fingerprint density at radius 2 is 1.43 bits per heavy atom. The summed E-state index contributed by atoms with van der Waals surface area (Å²) in [5, 5.41) is 0.794. The van der Waals surface area contributed by atoms with Gasteiger partial charge in [0.05, 0.1) is 0 Å². The number of hydrogen-bond donors (Lipinski definition) is 1. The maximum Gasteiger partial charge on any atom is 0.232 e. The smallest absolute Gasteiger partial charge is 0.229 e. The highest BCUT2D eigenvalue weighted by Crippen LogP contribution is 2.33. The van der Waals surface area contributed by atoms with Crippen molar-refractivity contribution in [1.29, 1.82) is 0 Å². The van der Waals surface area contributed by atoms with Crippen molar-refractivity contribution in [1.82, 2.24) is 0 Å². The van der Waals surface area contributed by atoms with E-state index in [2.05, 4.69) is 47.8 Å². The molecule has 80 valence electrons. The van der Waals surface area contributed by atoms with Gasteiger partial charge in [-0.05, 0) is 59.9 Å². The summed E-state index contributed by atoms with van der Waals surface area (Å²) in [7, 11) is -2.49. The molecule has 1 aromatic carbocycles. The van der Waals surface area contributed by atoms with Gasteiger partial charge in [0.2, 0.25) is 1.47 Å². The van der Waals surface area contributed by atoms with Gasteiger partial charge in [0.15, 0.2) is 10.7 Å². The molecule has 0 saturated carbocycles. The second kappa shape index (κ2) is 7.22. The Labute approximate surface area is 114 Å². The van der Waals surface area contributed by atoms with Crippen molar-refractivity contribution in [3.05, 3.63) is 35.4 Å². The highest BCUT2D eigenvalue weighted by molar-refractivity contribution is 9.42. The Morgan fingerprint density at radius 3 is 1.57 bits per heavy atom. The molecule has 0 bridgehead atoms. The van der Waals surface area contributed by atoms with E-state index in [1.165, 1.54) is 0 Å². The Hall–Kier alpha value is 0.900. The zero-order chi connectivity index (χ0) is 11.2. The molecule has 0 aliphatic rings. The highest BCUT2D eigenvalue weighted by Gasteiger charge is 2.20. The third kappa shape index (κ3) is 8.23. The molecule has 0 aliphatic carbocycles. The quantitative estimate of drug-likeness (QED) is 0.504. The van der Waals surface area contributed by atoms with Crippen LogP contribution < -0.4 is 0 Å². The number of alkyl halides is 3. The molecule has 1 aromatic rings. The van der Waals surface area contributed by atoms with Crippen molar-refractivity contribution in [3.8, 4) is 0 Å². The first-order valence-electron chi connectivity index (χ1n) is 3.26. The molecule has 0 heterocycles. The first kappa shape index (κ1) is 14.9. The van der Waals surface area contributed by atoms with Crippen LogP contribution >= 0.6 is 59.4 Å². The second-order valence-electron chi connectivity index (χ2n) is 2.02. The average Bonchev–Trinajstić information content (AvgIpc) is 2.04. The Bertz CT molecular complexity index is 327. The molecule has 0 fully saturated rings. The van der Waals surface area contributed by atoms with E-state index >= 15 is 0 Å². The Morgan fingerprint density at radius 1 is 1.07 bits per heavy atom. The van der Waals surface area contributed by atoms with Crippen LogP contribution in [0.25, 0.3) is 0 Å². The molecule has 0 radical (unpaired) electrons. The fourth-order valence-electron chi connectivity index (χ4n) is 0.415. The molecule has 7 heteroatoms. The lowest BCUT2D eigenvalue weighted by Crippen LogP contribution is -1.99. The maximum atomic E-state index is 9.92. The first-order chi connectivity index (χ1) is 6.34. The van der Waals surface area contributed by atoms with Crippen LogP contribution in [-0.2, 0) is 10.7 Å². The number of benzene rings is 1. The standard InChI is InChI=1S/C6H5Cl.CHBr3O2S/c7-6-4-2-1-3-5-6;2-1(3,4)7(5)6/h1-5H;7H. The van der Waals surface area contributed by atoms with E-state index in [-0.39, 0.29) is 0 Å². The first-order valence-corrected chi connectivity index (χ1v) is 7.19. The minimum absolute atomic E-state index is 0.794. The summed E-state index contributed by atoms with van der Waals surface area (Å²) in [6.07, 6.45) is 0. The monoisotopic (exact) mass is 426 g/mol. The van der Waals surface area contributed by atoms with Crippen LogP contribution in [-0.4, -0.2) is 9.89 Å². The van der Waals surface area contributed by atoms with Gasteiger partial charge in [0.1, 0.15) is 0 Å². The lowest BCUT2D eigenvalue weighted by Gasteiger charge is -1.96. The lowest BCUT2D eigenvalue weighted by atomic mass is 10.4. The largest absolute Gasteiger partial charge is 0.232 e. The van der Waals surface area contributed by atoms with E-state index in [0.717, 1.165) is 5.02 Å². The van der Waals surface area contributed by atoms with Crippen molar-refractivity contribution in [2.45, 2.75) is 1.47 Å². The van der Waals surface area contributed by atoms with Crippen molar-refractivity contribution in [2.24, 2.45) is 0 Å². The van der Waals surface area contributed by atoms with E-state index in [9.17, 15) is 8.42 Å². The van der Waals surface area contributed by atoms with Gasteiger partial charge in [-0.3, -0.25) is 0 Å². The van der Waals surface area contributed by atoms with E-state index in [1.54, 1.807) is 0 Å². The fourth-order valence-corrected chi connectivity index (χ4v) is 0.560. The van der Waals surface area contributed by atoms with Crippen LogP contribution in [0.2, 0.25) is 5.02 Å². The van der Waals surface area contributed by atoms with Gasteiger partial charge >= 0.3 is 0 Å². The van der Waals surface area contributed by atoms with Crippen molar-refractivity contribution < 1.29 is 8.42 Å². The van der Waals surface area contributed by atoms with Gasteiger partial charge in [-0.1, -0.05) is 29.8 Å². The van der Waals surface area contributed by atoms with Crippen LogP contribution in [0.5, 0.6) is 0 Å².